The van der Waals surface area contributed by atoms with E-state index in [0.717, 1.165) is 35.1 Å². The Hall–Kier alpha value is -3.90. The number of aromatic nitrogens is 3. The minimum Gasteiger partial charge on any atom is -0.486 e. The fraction of sp³-hybridized carbons (Fsp3) is 0.167. The topological polar surface area (TPSA) is 57.0 Å². The van der Waals surface area contributed by atoms with Gasteiger partial charge in [0, 0.05) is 5.56 Å². The maximum atomic E-state index is 13.2. The van der Waals surface area contributed by atoms with Gasteiger partial charge in [-0.05, 0) is 53.3 Å². The quantitative estimate of drug-likeness (QED) is 0.184. The molecule has 0 spiro atoms. The molecule has 0 fully saturated rings. The first-order valence-corrected chi connectivity index (χ1v) is 13.1. The van der Waals surface area contributed by atoms with Crippen LogP contribution >= 0.6 is 11.8 Å². The molecule has 0 amide bonds. The lowest BCUT2D eigenvalue weighted by Gasteiger charge is -2.19. The number of hydrogen-bond donors (Lipinski definition) is 0. The molecule has 0 aliphatic heterocycles. The number of nitrogens with zero attached hydrogens (tertiary/aromatic N) is 3. The number of Topliss-reactive ketones (excluding diaryl/α,β-unsaturated/α-hetero) is 1. The molecule has 178 valence electrons. The van der Waals surface area contributed by atoms with Gasteiger partial charge in [0.05, 0.1) is 11.8 Å². The Bertz CT molecular complexity index is 1470. The van der Waals surface area contributed by atoms with Crippen molar-refractivity contribution in [3.8, 4) is 16.9 Å². The van der Waals surface area contributed by atoms with Gasteiger partial charge in [0.2, 0.25) is 0 Å². The van der Waals surface area contributed by atoms with Gasteiger partial charge >= 0.3 is 0 Å². The number of fused-ring (bicyclic) bond motifs is 3. The smallest absolute Gasteiger partial charge is 0.192 e. The van der Waals surface area contributed by atoms with Crippen molar-refractivity contribution in [2.24, 2.45) is 0 Å². The first-order valence-electron chi connectivity index (χ1n) is 12.1. The van der Waals surface area contributed by atoms with E-state index in [1.165, 1.54) is 34.0 Å². The van der Waals surface area contributed by atoms with Crippen LogP contribution in [0, 0.1) is 0 Å². The lowest BCUT2D eigenvalue weighted by atomic mass is 10.0. The minimum atomic E-state index is 0.0921. The summed E-state index contributed by atoms with van der Waals surface area (Å²) in [5.41, 5.74) is 5.78. The molecule has 0 radical (unpaired) electrons. The molecule has 1 aromatic heterocycles. The number of benzene rings is 3. The van der Waals surface area contributed by atoms with Crippen LogP contribution < -0.4 is 4.74 Å². The number of ether oxygens (including phenoxy) is 1. The summed E-state index contributed by atoms with van der Waals surface area (Å²) in [6, 6.07) is 24.3. The molecule has 1 atom stereocenters. The zero-order valence-corrected chi connectivity index (χ0v) is 20.5. The molecule has 0 saturated heterocycles. The van der Waals surface area contributed by atoms with Crippen molar-refractivity contribution in [3.63, 3.8) is 0 Å². The van der Waals surface area contributed by atoms with E-state index in [0.29, 0.717) is 12.4 Å². The largest absolute Gasteiger partial charge is 0.486 e. The van der Waals surface area contributed by atoms with Crippen LogP contribution in [-0.2, 0) is 13.0 Å². The number of carbonyl (C=O) groups excluding carboxylic acids is 1. The zero-order chi connectivity index (χ0) is 24.3. The first kappa shape index (κ1) is 22.6. The van der Waals surface area contributed by atoms with Crippen molar-refractivity contribution >= 4 is 17.5 Å². The van der Waals surface area contributed by atoms with Gasteiger partial charge in [-0.25, -0.2) is 0 Å². The highest BCUT2D eigenvalue weighted by atomic mass is 32.2. The molecular weight excluding hydrogens is 466 g/mol. The predicted octanol–water partition coefficient (Wildman–Crippen LogP) is 6.46. The molecule has 0 saturated carbocycles. The summed E-state index contributed by atoms with van der Waals surface area (Å²) in [5.74, 6) is 1.92. The monoisotopic (exact) mass is 491 g/mol. The molecular formula is C30H25N3O2S. The fourth-order valence-electron chi connectivity index (χ4n) is 4.79. The molecule has 2 aliphatic rings. The van der Waals surface area contributed by atoms with Crippen LogP contribution in [-0.4, -0.2) is 26.3 Å². The highest BCUT2D eigenvalue weighted by Gasteiger charge is 2.22. The van der Waals surface area contributed by atoms with Crippen LogP contribution in [0.2, 0.25) is 0 Å². The second-order valence-electron chi connectivity index (χ2n) is 8.90. The maximum Gasteiger partial charge on any atom is 0.192 e. The van der Waals surface area contributed by atoms with Crippen LogP contribution in [0.5, 0.6) is 5.75 Å². The van der Waals surface area contributed by atoms with Gasteiger partial charge in [-0.3, -0.25) is 9.36 Å². The van der Waals surface area contributed by atoms with Gasteiger partial charge in [0.15, 0.2) is 16.8 Å². The average Bonchev–Trinajstić information content (AvgIpc) is 3.52. The summed E-state index contributed by atoms with van der Waals surface area (Å²) in [6.07, 6.45) is 10.1. The summed E-state index contributed by atoms with van der Waals surface area (Å²) >= 11 is 1.43. The Morgan fingerprint density at radius 3 is 2.64 bits per heavy atom. The predicted molar refractivity (Wildman–Crippen MR) is 142 cm³/mol. The van der Waals surface area contributed by atoms with Crippen molar-refractivity contribution in [2.45, 2.75) is 30.6 Å². The number of rotatable bonds is 8. The number of hydrogen-bond acceptors (Lipinski definition) is 5. The first-order chi connectivity index (χ1) is 17.8. The Morgan fingerprint density at radius 2 is 1.78 bits per heavy atom. The highest BCUT2D eigenvalue weighted by molar-refractivity contribution is 7.99. The lowest BCUT2D eigenvalue weighted by molar-refractivity contribution is 0.102. The molecule has 36 heavy (non-hydrogen) atoms. The van der Waals surface area contributed by atoms with E-state index in [4.69, 9.17) is 4.74 Å². The molecule has 5 nitrogen and oxygen atoms in total. The molecule has 0 unspecified atom stereocenters. The van der Waals surface area contributed by atoms with Crippen LogP contribution in [0.15, 0.2) is 102 Å². The highest BCUT2D eigenvalue weighted by Crippen LogP contribution is 2.37. The van der Waals surface area contributed by atoms with E-state index in [1.807, 2.05) is 48.6 Å². The summed E-state index contributed by atoms with van der Waals surface area (Å²) < 4.78 is 8.06. The van der Waals surface area contributed by atoms with Gasteiger partial charge in [-0.2, -0.15) is 0 Å². The van der Waals surface area contributed by atoms with E-state index in [-0.39, 0.29) is 11.8 Å². The van der Waals surface area contributed by atoms with Crippen molar-refractivity contribution in [1.29, 1.82) is 0 Å². The second kappa shape index (κ2) is 9.99. The third-order valence-electron chi connectivity index (χ3n) is 6.58. The Kier molecular flexibility index (Phi) is 6.26. The lowest BCUT2D eigenvalue weighted by Crippen LogP contribution is -2.15. The van der Waals surface area contributed by atoms with Crippen LogP contribution in [0.3, 0.4) is 0 Å². The minimum absolute atomic E-state index is 0.0921. The van der Waals surface area contributed by atoms with Crippen molar-refractivity contribution in [1.82, 2.24) is 14.8 Å². The van der Waals surface area contributed by atoms with Gasteiger partial charge in [0.1, 0.15) is 12.4 Å². The number of ketones is 1. The molecule has 0 bridgehead atoms. The van der Waals surface area contributed by atoms with E-state index >= 15 is 0 Å². The zero-order valence-electron chi connectivity index (χ0n) is 19.7. The third kappa shape index (κ3) is 4.52. The number of para-hydroxylation sites is 1. The number of allylic oxidation sites excluding steroid dienone is 4. The van der Waals surface area contributed by atoms with Crippen LogP contribution in [0.4, 0.5) is 0 Å². The standard InChI is InChI=1S/C30H25N3O2S/c34-28(22-15-16-27-23(18-22)17-21-9-7-8-14-26(21)27)20-36-30-32-31-29(19-35-25-12-5-2-6-13-25)33(30)24-10-3-1-4-11-24/h1-10,12-16,18,24H,11,17,19-20H2/t24-/m1/s1. The summed E-state index contributed by atoms with van der Waals surface area (Å²) in [7, 11) is 0. The summed E-state index contributed by atoms with van der Waals surface area (Å²) in [5, 5.41) is 9.60. The summed E-state index contributed by atoms with van der Waals surface area (Å²) in [6.45, 7) is 0.310. The fourth-order valence-corrected chi connectivity index (χ4v) is 5.70. The Labute approximate surface area is 214 Å². The molecule has 1 heterocycles. The molecule has 0 N–H and O–H groups in total. The molecule has 6 rings (SSSR count). The maximum absolute atomic E-state index is 13.2. The van der Waals surface area contributed by atoms with Gasteiger partial charge in [-0.15, -0.1) is 10.2 Å². The van der Waals surface area contributed by atoms with E-state index in [1.54, 1.807) is 0 Å². The van der Waals surface area contributed by atoms with Gasteiger partial charge in [0.25, 0.3) is 0 Å². The van der Waals surface area contributed by atoms with E-state index < -0.39 is 0 Å². The van der Waals surface area contributed by atoms with Crippen molar-refractivity contribution in [2.75, 3.05) is 5.75 Å². The van der Waals surface area contributed by atoms with Crippen molar-refractivity contribution < 1.29 is 9.53 Å². The Morgan fingerprint density at radius 1 is 0.944 bits per heavy atom. The molecule has 6 heteroatoms. The van der Waals surface area contributed by atoms with Gasteiger partial charge < -0.3 is 4.74 Å². The van der Waals surface area contributed by atoms with Gasteiger partial charge in [-0.1, -0.05) is 90.7 Å². The number of carbonyl (C=O) groups is 1. The average molecular weight is 492 g/mol. The molecule has 4 aromatic rings. The number of thioether (sulfide) groups is 1. The van der Waals surface area contributed by atoms with E-state index in [9.17, 15) is 4.79 Å². The van der Waals surface area contributed by atoms with E-state index in [2.05, 4.69) is 63.3 Å². The summed E-state index contributed by atoms with van der Waals surface area (Å²) in [4.78, 5) is 13.2. The third-order valence-corrected chi connectivity index (χ3v) is 7.53. The SMILES string of the molecule is O=C(CSc1nnc(COc2ccccc2)n1[C@@H]1C=CC=CC1)c1ccc2c(c1)Cc1ccccc1-2. The molecule has 3 aromatic carbocycles. The Balaban J connectivity index is 1.19. The van der Waals surface area contributed by atoms with Crippen molar-refractivity contribution in [3.05, 3.63) is 120 Å². The van der Waals surface area contributed by atoms with Crippen LogP contribution in [0.1, 0.15) is 39.8 Å². The normalized spacial score (nSPS) is 15.5. The second-order valence-corrected chi connectivity index (χ2v) is 9.85. The molecule has 2 aliphatic carbocycles. The van der Waals surface area contributed by atoms with Crippen LogP contribution in [0.25, 0.3) is 11.1 Å².